The molecule has 108 valence electrons. The smallest absolute Gasteiger partial charge is 0.225 e. The van der Waals surface area contributed by atoms with Gasteiger partial charge in [-0.2, -0.15) is 0 Å². The Bertz CT molecular complexity index is 865. The Morgan fingerprint density at radius 2 is 1.73 bits per heavy atom. The highest BCUT2D eigenvalue weighted by molar-refractivity contribution is 6.06. The molecule has 1 N–H and O–H groups in total. The number of carbonyl (C=O) groups excluding carboxylic acids is 1. The Morgan fingerprint density at radius 1 is 0.955 bits per heavy atom. The van der Waals surface area contributed by atoms with E-state index in [1.54, 1.807) is 0 Å². The lowest BCUT2D eigenvalue weighted by atomic mass is 9.83. The molecule has 1 aliphatic rings. The fourth-order valence-electron chi connectivity index (χ4n) is 3.30. The Labute approximate surface area is 129 Å². The highest BCUT2D eigenvalue weighted by Crippen LogP contribution is 2.40. The molecule has 0 radical (unpaired) electrons. The predicted octanol–water partition coefficient (Wildman–Crippen LogP) is 4.62. The van der Waals surface area contributed by atoms with E-state index < -0.39 is 0 Å². The summed E-state index contributed by atoms with van der Waals surface area (Å²) in [5, 5.41) is 5.35. The van der Waals surface area contributed by atoms with Gasteiger partial charge < -0.3 is 5.32 Å². The van der Waals surface area contributed by atoms with Crippen LogP contribution in [0.1, 0.15) is 29.0 Å². The van der Waals surface area contributed by atoms with Crippen LogP contribution in [0.5, 0.6) is 0 Å². The van der Waals surface area contributed by atoms with Crippen molar-refractivity contribution in [1.29, 1.82) is 0 Å². The Balaban J connectivity index is 1.92. The van der Waals surface area contributed by atoms with E-state index in [1.807, 2.05) is 12.1 Å². The minimum absolute atomic E-state index is 0.0921. The summed E-state index contributed by atoms with van der Waals surface area (Å²) in [6.07, 6.45) is 0.508. The van der Waals surface area contributed by atoms with Crippen LogP contribution in [0.3, 0.4) is 0 Å². The second-order valence-electron chi connectivity index (χ2n) is 5.97. The summed E-state index contributed by atoms with van der Waals surface area (Å²) in [7, 11) is 0. The molecule has 0 saturated heterocycles. The van der Waals surface area contributed by atoms with Gasteiger partial charge in [-0.15, -0.1) is 0 Å². The average molecular weight is 287 g/mol. The first kappa shape index (κ1) is 13.1. The highest BCUT2D eigenvalue weighted by atomic mass is 16.1. The van der Waals surface area contributed by atoms with Crippen molar-refractivity contribution in [2.75, 3.05) is 5.32 Å². The lowest BCUT2D eigenvalue weighted by molar-refractivity contribution is -0.116. The van der Waals surface area contributed by atoms with Gasteiger partial charge in [0, 0.05) is 17.7 Å². The zero-order valence-electron chi connectivity index (χ0n) is 12.5. The summed E-state index contributed by atoms with van der Waals surface area (Å²) in [6.45, 7) is 2.08. The molecule has 0 spiro atoms. The number of anilines is 1. The van der Waals surface area contributed by atoms with Crippen molar-refractivity contribution < 1.29 is 4.79 Å². The van der Waals surface area contributed by atoms with Gasteiger partial charge in [-0.05, 0) is 23.4 Å². The summed E-state index contributed by atoms with van der Waals surface area (Å²) in [6, 6.07) is 21.0. The van der Waals surface area contributed by atoms with Crippen molar-refractivity contribution in [3.05, 3.63) is 77.4 Å². The van der Waals surface area contributed by atoms with Crippen LogP contribution in [0, 0.1) is 6.92 Å². The third-order valence-corrected chi connectivity index (χ3v) is 4.47. The molecule has 1 heterocycles. The largest absolute Gasteiger partial charge is 0.325 e. The van der Waals surface area contributed by atoms with Gasteiger partial charge in [-0.25, -0.2) is 0 Å². The lowest BCUT2D eigenvalue weighted by Crippen LogP contribution is -2.23. The number of aryl methyl sites for hydroxylation is 1. The molecule has 0 saturated carbocycles. The van der Waals surface area contributed by atoms with Crippen LogP contribution in [-0.2, 0) is 4.79 Å². The van der Waals surface area contributed by atoms with E-state index >= 15 is 0 Å². The highest BCUT2D eigenvalue weighted by Gasteiger charge is 2.27. The maximum atomic E-state index is 12.2. The van der Waals surface area contributed by atoms with Crippen LogP contribution in [0.25, 0.3) is 10.8 Å². The minimum atomic E-state index is 0.0921. The minimum Gasteiger partial charge on any atom is -0.325 e. The van der Waals surface area contributed by atoms with Gasteiger partial charge in [0.25, 0.3) is 0 Å². The molecule has 0 aliphatic carbocycles. The van der Waals surface area contributed by atoms with Crippen molar-refractivity contribution in [2.24, 2.45) is 0 Å². The summed E-state index contributed by atoms with van der Waals surface area (Å²) in [4.78, 5) is 12.2. The van der Waals surface area contributed by atoms with Gasteiger partial charge >= 0.3 is 0 Å². The van der Waals surface area contributed by atoms with Crippen LogP contribution in [0.15, 0.2) is 60.7 Å². The topological polar surface area (TPSA) is 29.1 Å². The maximum Gasteiger partial charge on any atom is 0.225 e. The van der Waals surface area contributed by atoms with Crippen LogP contribution in [0.4, 0.5) is 5.69 Å². The number of hydrogen-bond acceptors (Lipinski definition) is 1. The summed E-state index contributed by atoms with van der Waals surface area (Å²) in [5.74, 6) is 0.225. The van der Waals surface area contributed by atoms with E-state index in [0.717, 1.165) is 16.5 Å². The standard InChI is InChI=1S/C20H17NO/c1-13-6-8-15(9-7-13)18-12-19(22)21-20-16-5-3-2-4-14(16)10-11-17(18)20/h2-11,18H,12H2,1H3,(H,21,22)/t18-/m0/s1. The van der Waals surface area contributed by atoms with E-state index in [9.17, 15) is 4.79 Å². The number of fused-ring (bicyclic) bond motifs is 3. The van der Waals surface area contributed by atoms with Crippen molar-refractivity contribution in [3.8, 4) is 0 Å². The van der Waals surface area contributed by atoms with E-state index in [4.69, 9.17) is 0 Å². The van der Waals surface area contributed by atoms with Gasteiger partial charge in [0.2, 0.25) is 5.91 Å². The van der Waals surface area contributed by atoms with Gasteiger partial charge in [0.05, 0.1) is 5.69 Å². The third-order valence-electron chi connectivity index (χ3n) is 4.47. The molecule has 0 unspecified atom stereocenters. The molecule has 1 aliphatic heterocycles. The molecule has 0 fully saturated rings. The monoisotopic (exact) mass is 287 g/mol. The van der Waals surface area contributed by atoms with Crippen molar-refractivity contribution >= 4 is 22.4 Å². The summed E-state index contributed by atoms with van der Waals surface area (Å²) in [5.41, 5.74) is 4.63. The molecule has 3 aromatic carbocycles. The summed E-state index contributed by atoms with van der Waals surface area (Å²) >= 11 is 0. The molecular formula is C20H17NO. The first-order chi connectivity index (χ1) is 10.7. The molecular weight excluding hydrogens is 270 g/mol. The maximum absolute atomic E-state index is 12.2. The zero-order valence-corrected chi connectivity index (χ0v) is 12.5. The molecule has 22 heavy (non-hydrogen) atoms. The Kier molecular flexibility index (Phi) is 2.97. The normalized spacial score (nSPS) is 17.1. The lowest BCUT2D eigenvalue weighted by Gasteiger charge is -2.27. The van der Waals surface area contributed by atoms with E-state index in [-0.39, 0.29) is 11.8 Å². The second-order valence-corrected chi connectivity index (χ2v) is 5.97. The molecule has 3 aromatic rings. The van der Waals surface area contributed by atoms with Crippen molar-refractivity contribution in [1.82, 2.24) is 0 Å². The fraction of sp³-hybridized carbons (Fsp3) is 0.150. The molecule has 0 bridgehead atoms. The van der Waals surface area contributed by atoms with Gasteiger partial charge in [0.15, 0.2) is 0 Å². The van der Waals surface area contributed by atoms with E-state index in [2.05, 4.69) is 60.8 Å². The zero-order chi connectivity index (χ0) is 15.1. The molecule has 2 heteroatoms. The predicted molar refractivity (Wildman–Crippen MR) is 90.2 cm³/mol. The van der Waals surface area contributed by atoms with Gasteiger partial charge in [-0.1, -0.05) is 66.2 Å². The van der Waals surface area contributed by atoms with E-state index in [1.165, 1.54) is 16.7 Å². The molecule has 2 nitrogen and oxygen atoms in total. The number of rotatable bonds is 1. The van der Waals surface area contributed by atoms with Crippen LogP contribution >= 0.6 is 0 Å². The Morgan fingerprint density at radius 3 is 2.55 bits per heavy atom. The number of hydrogen-bond donors (Lipinski definition) is 1. The molecule has 4 rings (SSSR count). The first-order valence-corrected chi connectivity index (χ1v) is 7.60. The molecule has 1 amide bonds. The quantitative estimate of drug-likeness (QED) is 0.695. The van der Waals surface area contributed by atoms with E-state index in [0.29, 0.717) is 6.42 Å². The van der Waals surface area contributed by atoms with Crippen LogP contribution in [0.2, 0.25) is 0 Å². The number of nitrogens with one attached hydrogen (secondary N) is 1. The number of amides is 1. The summed E-state index contributed by atoms with van der Waals surface area (Å²) < 4.78 is 0. The molecule has 0 aromatic heterocycles. The molecule has 1 atom stereocenters. The van der Waals surface area contributed by atoms with Crippen molar-refractivity contribution in [2.45, 2.75) is 19.3 Å². The number of benzene rings is 3. The SMILES string of the molecule is Cc1ccc([C@@H]2CC(=O)Nc3c2ccc2ccccc32)cc1. The second kappa shape index (κ2) is 4.99. The number of carbonyl (C=O) groups is 1. The van der Waals surface area contributed by atoms with Gasteiger partial charge in [-0.3, -0.25) is 4.79 Å². The third kappa shape index (κ3) is 2.08. The Hall–Kier alpha value is -2.61. The van der Waals surface area contributed by atoms with Crippen molar-refractivity contribution in [3.63, 3.8) is 0 Å². The fourth-order valence-corrected chi connectivity index (χ4v) is 3.30. The van der Waals surface area contributed by atoms with Crippen LogP contribution in [-0.4, -0.2) is 5.91 Å². The van der Waals surface area contributed by atoms with Crippen LogP contribution < -0.4 is 5.32 Å². The first-order valence-electron chi connectivity index (χ1n) is 7.60. The van der Waals surface area contributed by atoms with Gasteiger partial charge in [0.1, 0.15) is 0 Å². The average Bonchev–Trinajstić information content (AvgIpc) is 2.55.